The molecule has 1 aromatic carbocycles. The highest BCUT2D eigenvalue weighted by atomic mass is 16.3. The molecule has 0 bridgehead atoms. The number of nitrogens with zero attached hydrogens (tertiary/aromatic N) is 2. The maximum absolute atomic E-state index is 12.7. The molecule has 0 radical (unpaired) electrons. The number of ketones is 1. The second kappa shape index (κ2) is 4.93. The Morgan fingerprint density at radius 3 is 2.65 bits per heavy atom. The molecule has 2 aliphatic rings. The number of aromatic hydroxyl groups is 1. The predicted octanol–water partition coefficient (Wildman–Crippen LogP) is 1.82. The van der Waals surface area contributed by atoms with Crippen molar-refractivity contribution < 1.29 is 19.7 Å². The van der Waals surface area contributed by atoms with Crippen LogP contribution in [0.1, 0.15) is 42.2 Å². The van der Waals surface area contributed by atoms with Gasteiger partial charge in [-0.2, -0.15) is 4.68 Å². The van der Waals surface area contributed by atoms with Crippen molar-refractivity contribution in [1.29, 1.82) is 0 Å². The van der Waals surface area contributed by atoms with E-state index < -0.39 is 5.60 Å². The second-order valence-corrected chi connectivity index (χ2v) is 6.94. The fraction of sp³-hybridized carbons (Fsp3) is 0.444. The molecule has 1 aromatic heterocycles. The molecule has 0 saturated heterocycles. The van der Waals surface area contributed by atoms with Crippen LogP contribution in [0.4, 0.5) is 0 Å². The third kappa shape index (κ3) is 2.27. The molecule has 4 rings (SSSR count). The summed E-state index contributed by atoms with van der Waals surface area (Å²) in [5.41, 5.74) is 2.61. The van der Waals surface area contributed by atoms with Crippen LogP contribution >= 0.6 is 0 Å². The first-order valence-electron chi connectivity index (χ1n) is 8.17. The van der Waals surface area contributed by atoms with Crippen LogP contribution in [0.15, 0.2) is 24.3 Å². The maximum Gasteiger partial charge on any atom is 0.249 e. The van der Waals surface area contributed by atoms with E-state index in [1.54, 1.807) is 19.1 Å². The van der Waals surface area contributed by atoms with Gasteiger partial charge < -0.3 is 10.2 Å². The molecule has 2 N–H and O–H groups in total. The summed E-state index contributed by atoms with van der Waals surface area (Å²) in [6.45, 7) is 3.49. The zero-order valence-corrected chi connectivity index (χ0v) is 13.2. The van der Waals surface area contributed by atoms with Crippen molar-refractivity contribution in [2.75, 3.05) is 0 Å². The third-order valence-electron chi connectivity index (χ3n) is 4.89. The Bertz CT molecular complexity index is 788. The van der Waals surface area contributed by atoms with Crippen LogP contribution in [0.2, 0.25) is 0 Å². The van der Waals surface area contributed by atoms with Gasteiger partial charge in [0, 0.05) is 24.8 Å². The lowest BCUT2D eigenvalue weighted by Gasteiger charge is -2.26. The number of carbonyl (C=O) groups is 1. The van der Waals surface area contributed by atoms with E-state index in [-0.39, 0.29) is 18.0 Å². The Balaban J connectivity index is 1.98. The van der Waals surface area contributed by atoms with Crippen molar-refractivity contribution in [3.8, 4) is 17.0 Å². The normalized spacial score (nSPS) is 23.5. The van der Waals surface area contributed by atoms with Gasteiger partial charge in [-0.05, 0) is 37.6 Å². The number of carbonyl (C=O) groups excluding carboxylic acids is 1. The summed E-state index contributed by atoms with van der Waals surface area (Å²) < 4.78 is 4.35. The SMILES string of the molecule is C[C@@]1(O)CC(=O)c2c(n3[n+](c2-c2ccc(O)cc2)CCCC3)C1. The highest BCUT2D eigenvalue weighted by Gasteiger charge is 2.44. The van der Waals surface area contributed by atoms with Crippen molar-refractivity contribution in [3.05, 3.63) is 35.5 Å². The molecule has 1 atom stereocenters. The molecule has 23 heavy (non-hydrogen) atoms. The number of benzene rings is 1. The first-order valence-corrected chi connectivity index (χ1v) is 8.17. The lowest BCUT2D eigenvalue weighted by Crippen LogP contribution is -2.48. The van der Waals surface area contributed by atoms with Crippen LogP contribution in [0.25, 0.3) is 11.3 Å². The molecule has 120 valence electrons. The Hall–Kier alpha value is -2.14. The van der Waals surface area contributed by atoms with Crippen LogP contribution < -0.4 is 4.68 Å². The summed E-state index contributed by atoms with van der Waals surface area (Å²) in [5, 5.41) is 20.0. The third-order valence-corrected chi connectivity index (χ3v) is 4.89. The van der Waals surface area contributed by atoms with Crippen molar-refractivity contribution >= 4 is 5.78 Å². The number of hydrogen-bond acceptors (Lipinski definition) is 3. The molecule has 0 saturated carbocycles. The molecule has 0 unspecified atom stereocenters. The predicted molar refractivity (Wildman–Crippen MR) is 84.2 cm³/mol. The van der Waals surface area contributed by atoms with E-state index in [9.17, 15) is 15.0 Å². The number of aromatic nitrogens is 2. The molecule has 2 aromatic rings. The highest BCUT2D eigenvalue weighted by molar-refractivity contribution is 6.03. The van der Waals surface area contributed by atoms with Gasteiger partial charge in [-0.25, -0.2) is 0 Å². The Morgan fingerprint density at radius 2 is 1.91 bits per heavy atom. The lowest BCUT2D eigenvalue weighted by atomic mass is 9.82. The topological polar surface area (TPSA) is 66.3 Å². The van der Waals surface area contributed by atoms with Crippen molar-refractivity contribution in [2.24, 2.45) is 0 Å². The van der Waals surface area contributed by atoms with Gasteiger partial charge >= 0.3 is 0 Å². The van der Waals surface area contributed by atoms with Crippen LogP contribution in [0, 0.1) is 0 Å². The van der Waals surface area contributed by atoms with Gasteiger partial charge in [0.25, 0.3) is 0 Å². The number of phenolic OH excluding ortho intramolecular Hbond substituents is 1. The molecule has 2 heterocycles. The first kappa shape index (κ1) is 14.5. The van der Waals surface area contributed by atoms with Gasteiger partial charge in [0.15, 0.2) is 12.3 Å². The Morgan fingerprint density at radius 1 is 1.17 bits per heavy atom. The minimum absolute atomic E-state index is 0.00808. The number of aliphatic hydroxyl groups is 1. The van der Waals surface area contributed by atoms with E-state index in [1.807, 2.05) is 12.1 Å². The summed E-state index contributed by atoms with van der Waals surface area (Å²) in [6, 6.07) is 7.01. The summed E-state index contributed by atoms with van der Waals surface area (Å²) >= 11 is 0. The first-order chi connectivity index (χ1) is 11.0. The Kier molecular flexibility index (Phi) is 3.10. The molecular formula is C18H21N2O3+. The van der Waals surface area contributed by atoms with E-state index >= 15 is 0 Å². The van der Waals surface area contributed by atoms with Gasteiger partial charge in [0.05, 0.1) is 17.8 Å². The van der Waals surface area contributed by atoms with E-state index in [0.29, 0.717) is 6.42 Å². The van der Waals surface area contributed by atoms with Gasteiger partial charge in [0.1, 0.15) is 11.3 Å². The van der Waals surface area contributed by atoms with Gasteiger partial charge in [0.2, 0.25) is 5.69 Å². The smallest absolute Gasteiger partial charge is 0.249 e. The van der Waals surface area contributed by atoms with E-state index in [2.05, 4.69) is 9.36 Å². The van der Waals surface area contributed by atoms with Crippen molar-refractivity contribution in [1.82, 2.24) is 4.68 Å². The van der Waals surface area contributed by atoms with E-state index in [0.717, 1.165) is 48.4 Å². The Labute approximate surface area is 134 Å². The van der Waals surface area contributed by atoms with E-state index in [1.165, 1.54) is 0 Å². The largest absolute Gasteiger partial charge is 0.508 e. The summed E-state index contributed by atoms with van der Waals surface area (Å²) in [4.78, 5) is 12.7. The number of rotatable bonds is 1. The molecule has 0 amide bonds. The fourth-order valence-electron chi connectivity index (χ4n) is 3.92. The van der Waals surface area contributed by atoms with Crippen molar-refractivity contribution in [2.45, 2.75) is 51.3 Å². The van der Waals surface area contributed by atoms with Crippen molar-refractivity contribution in [3.63, 3.8) is 0 Å². The summed E-state index contributed by atoms with van der Waals surface area (Å²) in [6.07, 6.45) is 2.84. The molecule has 1 aliphatic carbocycles. The molecule has 1 aliphatic heterocycles. The average Bonchev–Trinajstić information content (AvgIpc) is 2.82. The highest BCUT2D eigenvalue weighted by Crippen LogP contribution is 2.35. The number of phenols is 1. The molecular weight excluding hydrogens is 292 g/mol. The van der Waals surface area contributed by atoms with Crippen LogP contribution in [-0.2, 0) is 19.5 Å². The maximum atomic E-state index is 12.7. The number of fused-ring (bicyclic) bond motifs is 3. The molecule has 0 spiro atoms. The van der Waals surface area contributed by atoms with Crippen LogP contribution in [-0.4, -0.2) is 26.3 Å². The van der Waals surface area contributed by atoms with Crippen LogP contribution in [0.5, 0.6) is 5.75 Å². The molecule has 5 nitrogen and oxygen atoms in total. The van der Waals surface area contributed by atoms with Gasteiger partial charge in [-0.15, -0.1) is 4.68 Å². The standard InChI is InChI=1S/C18H20N2O3/c1-18(23)10-14-16(15(22)11-18)17(12-4-6-13(21)7-5-12)20-9-3-2-8-19(14)20/h4-7,23H,2-3,8-11H2,1H3/p+1/t18-/m0/s1. The minimum Gasteiger partial charge on any atom is -0.508 e. The van der Waals surface area contributed by atoms with Gasteiger partial charge in [-0.1, -0.05) is 0 Å². The zero-order valence-electron chi connectivity index (χ0n) is 13.2. The minimum atomic E-state index is -0.969. The average molecular weight is 313 g/mol. The second-order valence-electron chi connectivity index (χ2n) is 6.94. The quantitative estimate of drug-likeness (QED) is 0.789. The fourth-order valence-corrected chi connectivity index (χ4v) is 3.92. The summed E-state index contributed by atoms with van der Waals surface area (Å²) in [7, 11) is 0. The number of hydrogen-bond donors (Lipinski definition) is 2. The van der Waals surface area contributed by atoms with E-state index in [4.69, 9.17) is 0 Å². The zero-order chi connectivity index (χ0) is 16.2. The lowest BCUT2D eigenvalue weighted by molar-refractivity contribution is -0.773. The molecule has 0 fully saturated rings. The van der Waals surface area contributed by atoms with Crippen LogP contribution in [0.3, 0.4) is 0 Å². The summed E-state index contributed by atoms with van der Waals surface area (Å²) in [5.74, 6) is 0.226. The monoisotopic (exact) mass is 313 g/mol. The molecule has 5 heteroatoms. The van der Waals surface area contributed by atoms with Gasteiger partial charge in [-0.3, -0.25) is 4.79 Å². The number of Topliss-reactive ketones (excluding diaryl/α,β-unsaturated/α-hetero) is 1.